The van der Waals surface area contributed by atoms with Crippen LogP contribution in [0.25, 0.3) is 0 Å². The van der Waals surface area contributed by atoms with E-state index in [2.05, 4.69) is 5.32 Å². The van der Waals surface area contributed by atoms with Crippen LogP contribution in [0.1, 0.15) is 5.56 Å². The second-order valence-corrected chi connectivity index (χ2v) is 5.91. The highest BCUT2D eigenvalue weighted by Crippen LogP contribution is 2.29. The summed E-state index contributed by atoms with van der Waals surface area (Å²) in [5.74, 6) is 1.16. The largest absolute Gasteiger partial charge is 0.482 e. The average molecular weight is 379 g/mol. The molecule has 3 aromatic carbocycles. The highest BCUT2D eigenvalue weighted by Gasteiger charge is 2.10. The van der Waals surface area contributed by atoms with Crippen molar-refractivity contribution in [2.45, 2.75) is 0 Å². The molecular weight excluding hydrogens is 364 g/mol. The van der Waals surface area contributed by atoms with Gasteiger partial charge in [-0.25, -0.2) is 0 Å². The molecule has 1 amide bonds. The first kappa shape index (κ1) is 18.3. The predicted octanol–water partition coefficient (Wildman–Crippen LogP) is 5.02. The van der Waals surface area contributed by atoms with Crippen molar-refractivity contribution >= 4 is 23.2 Å². The predicted molar refractivity (Wildman–Crippen MR) is 103 cm³/mol. The first-order chi connectivity index (χ1) is 13.2. The van der Waals surface area contributed by atoms with Crippen molar-refractivity contribution in [3.8, 4) is 23.3 Å². The summed E-state index contributed by atoms with van der Waals surface area (Å²) in [7, 11) is 0. The molecule has 0 radical (unpaired) electrons. The molecule has 0 aliphatic heterocycles. The van der Waals surface area contributed by atoms with E-state index < -0.39 is 0 Å². The summed E-state index contributed by atoms with van der Waals surface area (Å²) in [5, 5.41) is 11.9. The van der Waals surface area contributed by atoms with Crippen molar-refractivity contribution in [2.75, 3.05) is 11.9 Å². The summed E-state index contributed by atoms with van der Waals surface area (Å²) in [6, 6.07) is 23.0. The Morgan fingerprint density at radius 2 is 1.74 bits per heavy atom. The summed E-state index contributed by atoms with van der Waals surface area (Å²) in [6.07, 6.45) is 0. The Morgan fingerprint density at radius 3 is 2.48 bits per heavy atom. The van der Waals surface area contributed by atoms with Crippen molar-refractivity contribution in [1.29, 1.82) is 5.26 Å². The van der Waals surface area contributed by atoms with Crippen LogP contribution in [0.3, 0.4) is 0 Å². The van der Waals surface area contributed by atoms with E-state index in [0.717, 1.165) is 0 Å². The molecule has 134 valence electrons. The molecule has 0 aliphatic rings. The molecule has 0 saturated heterocycles. The molecular formula is C21H15ClN2O3. The van der Waals surface area contributed by atoms with Gasteiger partial charge >= 0.3 is 0 Å². The van der Waals surface area contributed by atoms with E-state index in [1.54, 1.807) is 30.3 Å². The lowest BCUT2D eigenvalue weighted by atomic mass is 10.2. The minimum Gasteiger partial charge on any atom is -0.482 e. The van der Waals surface area contributed by atoms with Gasteiger partial charge in [0.1, 0.15) is 11.5 Å². The third-order valence-electron chi connectivity index (χ3n) is 3.55. The summed E-state index contributed by atoms with van der Waals surface area (Å²) in [4.78, 5) is 12.2. The van der Waals surface area contributed by atoms with Crippen LogP contribution in [0.2, 0.25) is 5.02 Å². The van der Waals surface area contributed by atoms with Crippen molar-refractivity contribution in [2.24, 2.45) is 0 Å². The number of hydrogen-bond donors (Lipinski definition) is 1. The number of anilines is 1. The molecule has 5 nitrogen and oxygen atoms in total. The minimum atomic E-state index is -0.362. The van der Waals surface area contributed by atoms with Crippen LogP contribution < -0.4 is 14.8 Å². The van der Waals surface area contributed by atoms with Gasteiger partial charge in [-0.15, -0.1) is 0 Å². The molecule has 1 N–H and O–H groups in total. The number of amides is 1. The SMILES string of the molecule is N#Cc1ccc(OCC(=O)Nc2ccccc2Oc2ccccc2)c(Cl)c1. The fourth-order valence-electron chi connectivity index (χ4n) is 2.29. The summed E-state index contributed by atoms with van der Waals surface area (Å²) < 4.78 is 11.2. The highest BCUT2D eigenvalue weighted by molar-refractivity contribution is 6.32. The lowest BCUT2D eigenvalue weighted by Gasteiger charge is -2.13. The van der Waals surface area contributed by atoms with E-state index in [4.69, 9.17) is 26.3 Å². The maximum Gasteiger partial charge on any atom is 0.262 e. The Morgan fingerprint density at radius 1 is 1.00 bits per heavy atom. The fraction of sp³-hybridized carbons (Fsp3) is 0.0476. The van der Waals surface area contributed by atoms with Gasteiger partial charge in [-0.3, -0.25) is 4.79 Å². The highest BCUT2D eigenvalue weighted by atomic mass is 35.5. The second kappa shape index (κ2) is 8.75. The average Bonchev–Trinajstić information content (AvgIpc) is 2.69. The molecule has 3 rings (SSSR count). The Balaban J connectivity index is 1.64. The molecule has 0 saturated carbocycles. The van der Waals surface area contributed by atoms with Gasteiger partial charge in [0.2, 0.25) is 0 Å². The van der Waals surface area contributed by atoms with E-state index in [1.165, 1.54) is 6.07 Å². The van der Waals surface area contributed by atoms with Crippen molar-refractivity contribution in [3.05, 3.63) is 83.4 Å². The molecule has 0 unspecified atom stereocenters. The number of rotatable bonds is 6. The molecule has 3 aromatic rings. The number of nitriles is 1. The first-order valence-corrected chi connectivity index (χ1v) is 8.48. The van der Waals surface area contributed by atoms with Gasteiger partial charge in [-0.1, -0.05) is 41.9 Å². The molecule has 0 bridgehead atoms. The van der Waals surface area contributed by atoms with Gasteiger partial charge in [0, 0.05) is 0 Å². The van der Waals surface area contributed by atoms with Crippen molar-refractivity contribution in [1.82, 2.24) is 0 Å². The van der Waals surface area contributed by atoms with Crippen LogP contribution in [0.5, 0.6) is 17.2 Å². The normalized spacial score (nSPS) is 9.93. The minimum absolute atomic E-state index is 0.231. The molecule has 0 heterocycles. The number of ether oxygens (including phenoxy) is 2. The zero-order valence-corrected chi connectivity index (χ0v) is 14.9. The first-order valence-electron chi connectivity index (χ1n) is 8.10. The standard InChI is InChI=1S/C21H15ClN2O3/c22-17-12-15(13-23)10-11-19(17)26-14-21(25)24-18-8-4-5-9-20(18)27-16-6-2-1-3-7-16/h1-12H,14H2,(H,24,25). The monoisotopic (exact) mass is 378 g/mol. The van der Waals surface area contributed by atoms with Crippen LogP contribution in [-0.2, 0) is 4.79 Å². The second-order valence-electron chi connectivity index (χ2n) is 5.51. The third kappa shape index (κ3) is 5.00. The summed E-state index contributed by atoms with van der Waals surface area (Å²) >= 11 is 6.04. The number of nitrogens with one attached hydrogen (secondary N) is 1. The molecule has 0 fully saturated rings. The number of hydrogen-bond acceptors (Lipinski definition) is 4. The topological polar surface area (TPSA) is 71.3 Å². The number of benzene rings is 3. The lowest BCUT2D eigenvalue weighted by Crippen LogP contribution is -2.20. The van der Waals surface area contributed by atoms with Gasteiger partial charge in [0.25, 0.3) is 5.91 Å². The Kier molecular flexibility index (Phi) is 5.93. The maximum atomic E-state index is 12.2. The van der Waals surface area contributed by atoms with E-state index >= 15 is 0 Å². The summed E-state index contributed by atoms with van der Waals surface area (Å²) in [6.45, 7) is -0.231. The van der Waals surface area contributed by atoms with Gasteiger partial charge in [0.05, 0.1) is 22.3 Å². The molecule has 0 atom stereocenters. The third-order valence-corrected chi connectivity index (χ3v) is 3.85. The molecule has 27 heavy (non-hydrogen) atoms. The zero-order valence-electron chi connectivity index (χ0n) is 14.2. The van der Waals surface area contributed by atoms with E-state index in [1.807, 2.05) is 42.5 Å². The fourth-order valence-corrected chi connectivity index (χ4v) is 2.53. The number of carbonyl (C=O) groups is 1. The van der Waals surface area contributed by atoms with Gasteiger partial charge in [-0.05, 0) is 42.5 Å². The van der Waals surface area contributed by atoms with Gasteiger partial charge in [0.15, 0.2) is 12.4 Å². The number of halogens is 1. The van der Waals surface area contributed by atoms with E-state index in [0.29, 0.717) is 28.5 Å². The van der Waals surface area contributed by atoms with E-state index in [9.17, 15) is 4.79 Å². The van der Waals surface area contributed by atoms with Crippen LogP contribution in [0.15, 0.2) is 72.8 Å². The smallest absolute Gasteiger partial charge is 0.262 e. The van der Waals surface area contributed by atoms with Crippen LogP contribution >= 0.6 is 11.6 Å². The van der Waals surface area contributed by atoms with Crippen molar-refractivity contribution < 1.29 is 14.3 Å². The quantitative estimate of drug-likeness (QED) is 0.653. The number of carbonyl (C=O) groups excluding carboxylic acids is 1. The number of para-hydroxylation sites is 3. The number of nitrogens with zero attached hydrogens (tertiary/aromatic N) is 1. The zero-order chi connectivity index (χ0) is 19.1. The Bertz CT molecular complexity index is 984. The van der Waals surface area contributed by atoms with Crippen LogP contribution in [0.4, 0.5) is 5.69 Å². The molecule has 0 aromatic heterocycles. The van der Waals surface area contributed by atoms with Crippen LogP contribution in [-0.4, -0.2) is 12.5 Å². The molecule has 0 aliphatic carbocycles. The maximum absolute atomic E-state index is 12.2. The van der Waals surface area contributed by atoms with Crippen molar-refractivity contribution in [3.63, 3.8) is 0 Å². The Hall–Kier alpha value is -3.49. The molecule has 6 heteroatoms. The van der Waals surface area contributed by atoms with Gasteiger partial charge < -0.3 is 14.8 Å². The Labute approximate surface area is 161 Å². The lowest BCUT2D eigenvalue weighted by molar-refractivity contribution is -0.118. The molecule has 0 spiro atoms. The summed E-state index contributed by atoms with van der Waals surface area (Å²) in [5.41, 5.74) is 0.949. The van der Waals surface area contributed by atoms with Gasteiger partial charge in [-0.2, -0.15) is 5.26 Å². The van der Waals surface area contributed by atoms with E-state index in [-0.39, 0.29) is 17.5 Å². The van der Waals surface area contributed by atoms with Crippen LogP contribution in [0, 0.1) is 11.3 Å².